The Labute approximate surface area is 86.5 Å². The van der Waals surface area contributed by atoms with Crippen molar-refractivity contribution in [1.82, 2.24) is 9.97 Å². The molecule has 0 unspecified atom stereocenters. The van der Waals surface area contributed by atoms with Gasteiger partial charge in [-0.05, 0) is 11.6 Å². The molecule has 0 aliphatic carbocycles. The molecule has 0 aliphatic rings. The van der Waals surface area contributed by atoms with Crippen LogP contribution in [0.15, 0.2) is 6.20 Å². The lowest BCUT2D eigenvalue weighted by Crippen LogP contribution is -2.03. The number of rotatable bonds is 3. The van der Waals surface area contributed by atoms with E-state index in [1.54, 1.807) is 0 Å². The highest BCUT2D eigenvalue weighted by molar-refractivity contribution is 6.33. The lowest BCUT2D eigenvalue weighted by Gasteiger charge is -2.04. The largest absolute Gasteiger partial charge is 0.368 e. The summed E-state index contributed by atoms with van der Waals surface area (Å²) in [7, 11) is 0. The van der Waals surface area contributed by atoms with Crippen LogP contribution in [0.4, 0.5) is 5.82 Å². The summed E-state index contributed by atoms with van der Waals surface area (Å²) in [6.07, 6.45) is 7.13. The summed E-state index contributed by atoms with van der Waals surface area (Å²) in [5.41, 5.74) is 0. The SMILES string of the molecule is C#CCCNc1nc(Cl)ncc1Cl. The van der Waals surface area contributed by atoms with Gasteiger partial charge in [-0.3, -0.25) is 0 Å². The van der Waals surface area contributed by atoms with Crippen molar-refractivity contribution in [3.63, 3.8) is 0 Å². The molecule has 5 heteroatoms. The molecule has 0 fully saturated rings. The molecule has 0 atom stereocenters. The summed E-state index contributed by atoms with van der Waals surface area (Å²) in [6, 6.07) is 0. The maximum Gasteiger partial charge on any atom is 0.224 e. The Morgan fingerprint density at radius 3 is 3.00 bits per heavy atom. The van der Waals surface area contributed by atoms with Crippen LogP contribution >= 0.6 is 23.2 Å². The number of aromatic nitrogens is 2. The van der Waals surface area contributed by atoms with Gasteiger partial charge >= 0.3 is 0 Å². The Bertz CT molecular complexity index is 333. The third-order valence-corrected chi connectivity index (χ3v) is 1.74. The highest BCUT2D eigenvalue weighted by Crippen LogP contribution is 2.18. The highest BCUT2D eigenvalue weighted by Gasteiger charge is 2.01. The molecule has 0 saturated heterocycles. The van der Waals surface area contributed by atoms with Gasteiger partial charge in [-0.1, -0.05) is 11.6 Å². The molecule has 1 N–H and O–H groups in total. The molecule has 13 heavy (non-hydrogen) atoms. The minimum atomic E-state index is 0.160. The normalized spacial score (nSPS) is 9.31. The third-order valence-electron chi connectivity index (χ3n) is 1.28. The Kier molecular flexibility index (Phi) is 3.81. The maximum absolute atomic E-state index is 5.78. The zero-order chi connectivity index (χ0) is 9.68. The maximum atomic E-state index is 5.78. The molecule has 0 radical (unpaired) electrons. The Balaban J connectivity index is 2.65. The van der Waals surface area contributed by atoms with Crippen molar-refractivity contribution < 1.29 is 0 Å². The fraction of sp³-hybridized carbons (Fsp3) is 0.250. The van der Waals surface area contributed by atoms with E-state index in [4.69, 9.17) is 29.6 Å². The van der Waals surface area contributed by atoms with Gasteiger partial charge in [-0.15, -0.1) is 12.3 Å². The van der Waals surface area contributed by atoms with Gasteiger partial charge in [-0.25, -0.2) is 4.98 Å². The molecule has 1 rings (SSSR count). The number of terminal acetylenes is 1. The molecule has 0 amide bonds. The first kappa shape index (κ1) is 10.1. The lowest BCUT2D eigenvalue weighted by atomic mass is 10.4. The molecule has 1 aromatic rings. The van der Waals surface area contributed by atoms with Crippen LogP contribution in [0, 0.1) is 12.3 Å². The molecule has 3 nitrogen and oxygen atoms in total. The summed E-state index contributed by atoms with van der Waals surface area (Å²) >= 11 is 11.3. The molecule has 68 valence electrons. The van der Waals surface area contributed by atoms with Crippen LogP contribution < -0.4 is 5.32 Å². The third kappa shape index (κ3) is 3.10. The summed E-state index contributed by atoms with van der Waals surface area (Å²) in [5.74, 6) is 3.00. The van der Waals surface area contributed by atoms with Crippen molar-refractivity contribution in [3.05, 3.63) is 16.5 Å². The van der Waals surface area contributed by atoms with Crippen LogP contribution in [0.5, 0.6) is 0 Å². The van der Waals surface area contributed by atoms with Crippen molar-refractivity contribution in [2.45, 2.75) is 6.42 Å². The van der Waals surface area contributed by atoms with Crippen LogP contribution in [-0.2, 0) is 0 Å². The van der Waals surface area contributed by atoms with E-state index in [9.17, 15) is 0 Å². The van der Waals surface area contributed by atoms with E-state index in [1.165, 1.54) is 6.20 Å². The lowest BCUT2D eigenvalue weighted by molar-refractivity contribution is 1.06. The first-order valence-corrected chi connectivity index (χ1v) is 4.35. The van der Waals surface area contributed by atoms with E-state index in [0.29, 0.717) is 23.8 Å². The van der Waals surface area contributed by atoms with Gasteiger partial charge < -0.3 is 5.32 Å². The van der Waals surface area contributed by atoms with Gasteiger partial charge in [0, 0.05) is 13.0 Å². The molecule has 0 aliphatic heterocycles. The van der Waals surface area contributed by atoms with E-state index in [1.807, 2.05) is 0 Å². The fourth-order valence-corrected chi connectivity index (χ4v) is 1.01. The number of nitrogens with zero attached hydrogens (tertiary/aromatic N) is 2. The average molecular weight is 216 g/mol. The first-order valence-electron chi connectivity index (χ1n) is 3.59. The Morgan fingerprint density at radius 1 is 1.54 bits per heavy atom. The van der Waals surface area contributed by atoms with Gasteiger partial charge in [0.1, 0.15) is 10.8 Å². The van der Waals surface area contributed by atoms with Crippen molar-refractivity contribution in [3.8, 4) is 12.3 Å². The molecule has 1 heterocycles. The van der Waals surface area contributed by atoms with Crippen LogP contribution in [-0.4, -0.2) is 16.5 Å². The zero-order valence-corrected chi connectivity index (χ0v) is 8.23. The second-order valence-corrected chi connectivity index (χ2v) is 2.96. The van der Waals surface area contributed by atoms with Crippen molar-refractivity contribution >= 4 is 29.0 Å². The Hall–Kier alpha value is -0.980. The second kappa shape index (κ2) is 4.90. The molecule has 0 bridgehead atoms. The summed E-state index contributed by atoms with van der Waals surface area (Å²) in [6.45, 7) is 0.615. The molecular weight excluding hydrogens is 209 g/mol. The minimum Gasteiger partial charge on any atom is -0.368 e. The summed E-state index contributed by atoms with van der Waals surface area (Å²) < 4.78 is 0. The number of anilines is 1. The highest BCUT2D eigenvalue weighted by atomic mass is 35.5. The quantitative estimate of drug-likeness (QED) is 0.478. The van der Waals surface area contributed by atoms with Crippen molar-refractivity contribution in [1.29, 1.82) is 0 Å². The number of hydrogen-bond acceptors (Lipinski definition) is 3. The van der Waals surface area contributed by atoms with Crippen LogP contribution in [0.25, 0.3) is 0 Å². The molecular formula is C8H7Cl2N3. The van der Waals surface area contributed by atoms with E-state index in [-0.39, 0.29) is 5.28 Å². The smallest absolute Gasteiger partial charge is 0.224 e. The molecule has 0 saturated carbocycles. The molecule has 1 aromatic heterocycles. The summed E-state index contributed by atoms with van der Waals surface area (Å²) in [5, 5.41) is 3.54. The van der Waals surface area contributed by atoms with Crippen LogP contribution in [0.1, 0.15) is 6.42 Å². The van der Waals surface area contributed by atoms with E-state index in [2.05, 4.69) is 21.2 Å². The van der Waals surface area contributed by atoms with E-state index in [0.717, 1.165) is 0 Å². The van der Waals surface area contributed by atoms with Gasteiger partial charge in [0.25, 0.3) is 0 Å². The monoisotopic (exact) mass is 215 g/mol. The standard InChI is InChI=1S/C8H7Cl2N3/c1-2-3-4-11-7-6(9)5-12-8(10)13-7/h1,5H,3-4H2,(H,11,12,13). The predicted molar refractivity (Wildman–Crippen MR) is 54.0 cm³/mol. The predicted octanol–water partition coefficient (Wildman–Crippen LogP) is 2.22. The summed E-state index contributed by atoms with van der Waals surface area (Å²) in [4.78, 5) is 7.60. The second-order valence-electron chi connectivity index (χ2n) is 2.22. The van der Waals surface area contributed by atoms with Crippen molar-refractivity contribution in [2.24, 2.45) is 0 Å². The van der Waals surface area contributed by atoms with E-state index < -0.39 is 0 Å². The average Bonchev–Trinajstić information content (AvgIpc) is 2.11. The number of nitrogens with one attached hydrogen (secondary N) is 1. The first-order chi connectivity index (χ1) is 6.24. The minimum absolute atomic E-state index is 0.160. The van der Waals surface area contributed by atoms with Crippen LogP contribution in [0.2, 0.25) is 10.3 Å². The van der Waals surface area contributed by atoms with Crippen LogP contribution in [0.3, 0.4) is 0 Å². The fourth-order valence-electron chi connectivity index (χ4n) is 0.723. The molecule has 0 spiro atoms. The van der Waals surface area contributed by atoms with Gasteiger partial charge in [0.2, 0.25) is 5.28 Å². The molecule has 0 aromatic carbocycles. The van der Waals surface area contributed by atoms with Gasteiger partial charge in [0.05, 0.1) is 6.20 Å². The van der Waals surface area contributed by atoms with Gasteiger partial charge in [-0.2, -0.15) is 4.98 Å². The topological polar surface area (TPSA) is 37.8 Å². The number of halogens is 2. The van der Waals surface area contributed by atoms with Crippen molar-refractivity contribution in [2.75, 3.05) is 11.9 Å². The Morgan fingerprint density at radius 2 is 2.31 bits per heavy atom. The number of hydrogen-bond donors (Lipinski definition) is 1. The zero-order valence-electron chi connectivity index (χ0n) is 6.72. The van der Waals surface area contributed by atoms with Gasteiger partial charge in [0.15, 0.2) is 0 Å². The van der Waals surface area contributed by atoms with E-state index >= 15 is 0 Å².